The summed E-state index contributed by atoms with van der Waals surface area (Å²) in [6.07, 6.45) is 1.48. The van der Waals surface area contributed by atoms with Crippen LogP contribution in [0, 0.1) is 45.8 Å². The van der Waals surface area contributed by atoms with Crippen LogP contribution in [-0.2, 0) is 38.6 Å². The molecule has 39 heavy (non-hydrogen) atoms. The first kappa shape index (κ1) is 27.8. The Morgan fingerprint density at radius 3 is 2.49 bits per heavy atom. The third-order valence-corrected chi connectivity index (χ3v) is 11.1. The number of ether oxygens (including phenoxy) is 2. The number of fused-ring (bicyclic) bond motifs is 3. The van der Waals surface area contributed by atoms with Crippen molar-refractivity contribution in [3.8, 4) is 0 Å². The molecule has 3 saturated carbocycles. The molecular formula is C29H42O10. The molecule has 2 aliphatic heterocycles. The molecule has 4 bridgehead atoms. The maximum absolute atomic E-state index is 13.6. The maximum Gasteiger partial charge on any atom is 0.315 e. The van der Waals surface area contributed by atoms with E-state index in [1.165, 1.54) is 0 Å². The number of aliphatic carboxylic acids is 1. The Morgan fingerprint density at radius 1 is 1.15 bits per heavy atom. The van der Waals surface area contributed by atoms with Gasteiger partial charge in [-0.15, -0.1) is 0 Å². The molecule has 0 unspecified atom stereocenters. The first-order valence-corrected chi connectivity index (χ1v) is 14.4. The van der Waals surface area contributed by atoms with Crippen molar-refractivity contribution in [2.75, 3.05) is 6.61 Å². The van der Waals surface area contributed by atoms with Crippen LogP contribution in [0.15, 0.2) is 11.6 Å². The minimum Gasteiger partial charge on any atom is -0.481 e. The molecule has 0 spiro atoms. The molecule has 0 amide bonds. The smallest absolute Gasteiger partial charge is 0.315 e. The van der Waals surface area contributed by atoms with Crippen molar-refractivity contribution >= 4 is 12.3 Å². The van der Waals surface area contributed by atoms with E-state index >= 15 is 0 Å². The highest BCUT2D eigenvalue weighted by molar-refractivity contribution is 5.90. The van der Waals surface area contributed by atoms with Gasteiger partial charge < -0.3 is 24.5 Å². The predicted molar refractivity (Wildman–Crippen MR) is 134 cm³/mol. The molecule has 12 atom stereocenters. The summed E-state index contributed by atoms with van der Waals surface area (Å²) >= 11 is 0. The van der Waals surface area contributed by atoms with E-state index in [1.807, 2.05) is 13.8 Å². The zero-order valence-electron chi connectivity index (χ0n) is 23.6. The van der Waals surface area contributed by atoms with Crippen LogP contribution < -0.4 is 0 Å². The molecule has 218 valence electrons. The highest BCUT2D eigenvalue weighted by Crippen LogP contribution is 2.82. The molecule has 10 heteroatoms. The summed E-state index contributed by atoms with van der Waals surface area (Å²) < 4.78 is 12.5. The van der Waals surface area contributed by atoms with E-state index in [9.17, 15) is 19.8 Å². The first-order valence-electron chi connectivity index (χ1n) is 14.4. The third kappa shape index (κ3) is 3.46. The monoisotopic (exact) mass is 550 g/mol. The van der Waals surface area contributed by atoms with Crippen molar-refractivity contribution < 1.29 is 48.8 Å². The Bertz CT molecular complexity index is 1060. The zero-order chi connectivity index (χ0) is 28.1. The van der Waals surface area contributed by atoms with Crippen LogP contribution in [-0.4, -0.2) is 65.6 Å². The van der Waals surface area contributed by atoms with Crippen molar-refractivity contribution in [3.05, 3.63) is 11.6 Å². The second-order valence-corrected chi connectivity index (χ2v) is 13.7. The minimum atomic E-state index is -1.36. The molecule has 5 fully saturated rings. The number of aliphatic hydroxyl groups is 1. The number of aliphatic hydroxyl groups excluding tert-OH is 1. The number of hydrogen-bond acceptors (Lipinski definition) is 9. The Morgan fingerprint density at radius 2 is 1.85 bits per heavy atom. The van der Waals surface area contributed by atoms with Crippen molar-refractivity contribution in [2.45, 2.75) is 104 Å². The average Bonchev–Trinajstić information content (AvgIpc) is 3.39. The Balaban J connectivity index is 1.36. The van der Waals surface area contributed by atoms with Gasteiger partial charge in [0.1, 0.15) is 17.8 Å². The zero-order valence-corrected chi connectivity index (χ0v) is 23.6. The summed E-state index contributed by atoms with van der Waals surface area (Å²) in [5, 5.41) is 22.4. The van der Waals surface area contributed by atoms with Gasteiger partial charge in [0.15, 0.2) is 18.5 Å². The van der Waals surface area contributed by atoms with E-state index in [0.29, 0.717) is 18.8 Å². The van der Waals surface area contributed by atoms with Gasteiger partial charge in [-0.2, -0.15) is 9.78 Å². The number of rotatable bonds is 6. The Hall–Kier alpha value is -1.40. The van der Waals surface area contributed by atoms with Gasteiger partial charge in [-0.05, 0) is 69.6 Å². The molecular weight excluding hydrogens is 508 g/mol. The molecule has 10 nitrogen and oxygen atoms in total. The summed E-state index contributed by atoms with van der Waals surface area (Å²) in [5.41, 5.74) is -2.33. The summed E-state index contributed by atoms with van der Waals surface area (Å²) in [5.74, 6) is -1.60. The van der Waals surface area contributed by atoms with Crippen LogP contribution in [0.3, 0.4) is 0 Å². The van der Waals surface area contributed by atoms with Crippen LogP contribution in [0.5, 0.6) is 0 Å². The average molecular weight is 551 g/mol. The van der Waals surface area contributed by atoms with E-state index < -0.39 is 58.7 Å². The van der Waals surface area contributed by atoms with Crippen molar-refractivity contribution in [3.63, 3.8) is 0 Å². The van der Waals surface area contributed by atoms with Gasteiger partial charge in [-0.1, -0.05) is 38.8 Å². The molecule has 2 heterocycles. The van der Waals surface area contributed by atoms with Gasteiger partial charge in [0.05, 0.1) is 18.1 Å². The minimum absolute atomic E-state index is 0.0326. The topological polar surface area (TPSA) is 130 Å². The number of carbonyl (C=O) groups excluding carboxylic acids is 1. The van der Waals surface area contributed by atoms with Gasteiger partial charge in [0.2, 0.25) is 5.79 Å². The summed E-state index contributed by atoms with van der Waals surface area (Å²) in [6.45, 7) is 11.3. The first-order chi connectivity index (χ1) is 18.3. The van der Waals surface area contributed by atoms with Crippen molar-refractivity contribution in [1.82, 2.24) is 0 Å². The van der Waals surface area contributed by atoms with Crippen LogP contribution in [0.4, 0.5) is 0 Å². The van der Waals surface area contributed by atoms with Gasteiger partial charge in [-0.25, -0.2) is 9.78 Å². The second-order valence-electron chi connectivity index (χ2n) is 13.7. The lowest BCUT2D eigenvalue weighted by Crippen LogP contribution is -2.64. The molecule has 0 aromatic rings. The number of aldehydes is 1. The van der Waals surface area contributed by atoms with Crippen LogP contribution in [0.1, 0.15) is 67.2 Å². The fourth-order valence-corrected chi connectivity index (χ4v) is 9.59. The lowest BCUT2D eigenvalue weighted by atomic mass is 9.43. The third-order valence-electron chi connectivity index (χ3n) is 11.1. The van der Waals surface area contributed by atoms with Gasteiger partial charge in [0, 0.05) is 5.41 Å². The fourth-order valence-electron chi connectivity index (χ4n) is 9.59. The molecule has 2 N–H and O–H groups in total. The maximum atomic E-state index is 13.6. The number of carboxylic acid groups (broad SMARTS) is 1. The lowest BCUT2D eigenvalue weighted by Gasteiger charge is -2.58. The normalized spacial score (nSPS) is 51.7. The molecule has 2 saturated heterocycles. The van der Waals surface area contributed by atoms with Crippen molar-refractivity contribution in [2.24, 2.45) is 45.8 Å². The molecule has 0 aromatic carbocycles. The molecule has 0 radical (unpaired) electrons. The number of carbonyl (C=O) groups is 2. The van der Waals surface area contributed by atoms with Crippen LogP contribution >= 0.6 is 0 Å². The van der Waals surface area contributed by atoms with E-state index in [-0.39, 0.29) is 30.3 Å². The van der Waals surface area contributed by atoms with E-state index in [1.54, 1.807) is 20.8 Å². The van der Waals surface area contributed by atoms with Gasteiger partial charge in [0.25, 0.3) is 0 Å². The second kappa shape index (κ2) is 9.05. The molecule has 4 aliphatic carbocycles. The molecule has 0 aromatic heterocycles. The quantitative estimate of drug-likeness (QED) is 0.288. The van der Waals surface area contributed by atoms with E-state index in [2.05, 4.69) is 13.0 Å². The highest BCUT2D eigenvalue weighted by atomic mass is 17.3. The van der Waals surface area contributed by atoms with Gasteiger partial charge in [-0.3, -0.25) is 4.79 Å². The predicted octanol–water partition coefficient (Wildman–Crippen LogP) is 3.42. The van der Waals surface area contributed by atoms with Crippen LogP contribution in [0.25, 0.3) is 0 Å². The van der Waals surface area contributed by atoms with Gasteiger partial charge >= 0.3 is 5.97 Å². The Labute approximate surface area is 229 Å². The largest absolute Gasteiger partial charge is 0.481 e. The lowest BCUT2D eigenvalue weighted by molar-refractivity contribution is -0.475. The Kier molecular flexibility index (Phi) is 6.44. The number of carboxylic acids is 1. The molecule has 6 rings (SSSR count). The SMILES string of the molecule is CC(C)C1=C[C@H]2C[C@]3(C=O)[C@@H]4CC[C@@H](C)[C@H]4C[C@@]2(CO[C@@H]2O[C@H](C)[C@H]4OOC(C)(C)OO[C@H]4[C@@H]2O)[C@]13C(=O)O. The van der Waals surface area contributed by atoms with Crippen LogP contribution in [0.2, 0.25) is 0 Å². The fraction of sp³-hybridized carbons (Fsp3) is 0.862. The summed E-state index contributed by atoms with van der Waals surface area (Å²) in [6, 6.07) is 0. The summed E-state index contributed by atoms with van der Waals surface area (Å²) in [7, 11) is 0. The summed E-state index contributed by atoms with van der Waals surface area (Å²) in [4.78, 5) is 48.5. The van der Waals surface area contributed by atoms with Crippen molar-refractivity contribution in [1.29, 1.82) is 0 Å². The standard InChI is InChI=1S/C29H42O10/c1-14(2)20-9-17-10-27(12-30)19-8-7-15(3)18(19)11-28(17,29(20,27)25(32)33)13-34-24-21(31)23-22(16(4)35-24)36-38-26(5,6)39-37-23/h9,12,14-19,21-24,31H,7-8,10-11,13H2,1-6H3,(H,32,33)/t15-,16-,17+,18-,19-,21+,22-,23+,24-,27+,28+,29+/m1/s1. The van der Waals surface area contributed by atoms with E-state index in [4.69, 9.17) is 29.0 Å². The van der Waals surface area contributed by atoms with E-state index in [0.717, 1.165) is 24.7 Å². The molecule has 6 aliphatic rings. The number of hydrogen-bond donors (Lipinski definition) is 2. The highest BCUT2D eigenvalue weighted by Gasteiger charge is 2.84. The number of allylic oxidation sites excluding steroid dienone is 1.